The zero-order valence-electron chi connectivity index (χ0n) is 17.1. The molecule has 0 saturated carbocycles. The minimum atomic E-state index is -0.365. The Hall–Kier alpha value is -3.34. The van der Waals surface area contributed by atoms with Crippen molar-refractivity contribution >= 4 is 17.2 Å². The summed E-state index contributed by atoms with van der Waals surface area (Å²) in [5.41, 5.74) is 5.96. The highest BCUT2D eigenvalue weighted by atomic mass is 19.1. The van der Waals surface area contributed by atoms with Crippen molar-refractivity contribution in [1.29, 1.82) is 0 Å². The molecular weight excluding hydrogens is 365 g/mol. The molecule has 4 aromatic rings. The first-order valence-corrected chi connectivity index (χ1v) is 9.71. The number of imidazole rings is 1. The van der Waals surface area contributed by atoms with Crippen LogP contribution in [0.4, 0.5) is 15.9 Å². The maximum Gasteiger partial charge on any atom is 0.143 e. The number of methoxy groups -OCH3 is 1. The van der Waals surface area contributed by atoms with Gasteiger partial charge >= 0.3 is 0 Å². The first-order chi connectivity index (χ1) is 14.0. The van der Waals surface area contributed by atoms with Gasteiger partial charge in [0.15, 0.2) is 0 Å². The Bertz CT molecular complexity index is 1180. The van der Waals surface area contributed by atoms with E-state index >= 15 is 0 Å². The molecule has 2 aromatic heterocycles. The second-order valence-electron chi connectivity index (χ2n) is 7.08. The molecule has 0 aliphatic rings. The van der Waals surface area contributed by atoms with Gasteiger partial charge in [0.25, 0.3) is 0 Å². The third kappa shape index (κ3) is 3.23. The number of aromatic nitrogens is 2. The van der Waals surface area contributed by atoms with Gasteiger partial charge in [-0.15, -0.1) is 0 Å². The highest BCUT2D eigenvalue weighted by Crippen LogP contribution is 2.39. The Labute approximate surface area is 170 Å². The van der Waals surface area contributed by atoms with Crippen LogP contribution >= 0.6 is 0 Å². The molecule has 5 heteroatoms. The average Bonchev–Trinajstić information content (AvgIpc) is 3.08. The largest absolute Gasteiger partial charge is 0.496 e. The van der Waals surface area contributed by atoms with E-state index in [0.29, 0.717) is 17.0 Å². The van der Waals surface area contributed by atoms with Gasteiger partial charge in [-0.1, -0.05) is 37.3 Å². The highest BCUT2D eigenvalue weighted by Gasteiger charge is 2.23. The van der Waals surface area contributed by atoms with Crippen LogP contribution in [0.1, 0.15) is 23.7 Å². The number of rotatable bonds is 5. The van der Waals surface area contributed by atoms with Gasteiger partial charge in [-0.25, -0.2) is 9.37 Å². The van der Waals surface area contributed by atoms with Crippen LogP contribution in [0.3, 0.4) is 0 Å². The van der Waals surface area contributed by atoms with Crippen LogP contribution < -0.4 is 10.1 Å². The zero-order valence-corrected chi connectivity index (χ0v) is 17.1. The number of fused-ring (bicyclic) bond motifs is 1. The fourth-order valence-corrected chi connectivity index (χ4v) is 3.76. The number of nitrogens with zero attached hydrogens (tertiary/aromatic N) is 2. The number of pyridine rings is 1. The summed E-state index contributed by atoms with van der Waals surface area (Å²) in [5, 5.41) is 3.56. The van der Waals surface area contributed by atoms with Gasteiger partial charge in [-0.3, -0.25) is 4.40 Å². The lowest BCUT2D eigenvalue weighted by Crippen LogP contribution is -2.04. The van der Waals surface area contributed by atoms with E-state index in [9.17, 15) is 4.39 Å². The van der Waals surface area contributed by atoms with E-state index in [0.717, 1.165) is 40.4 Å². The molecule has 0 fully saturated rings. The lowest BCUT2D eigenvalue weighted by molar-refractivity contribution is 0.413. The van der Waals surface area contributed by atoms with E-state index in [4.69, 9.17) is 9.72 Å². The molecule has 0 saturated heterocycles. The standard InChI is InChI=1S/C24H24FN3O/c1-5-17-11-7-14-20-26-23(21-18(25)12-8-13-19(21)29-4)24(28(17)20)27-22-15(2)9-6-10-16(22)3/h6-14,27H,5H2,1-4H3. The van der Waals surface area contributed by atoms with Crippen LogP contribution in [0.15, 0.2) is 54.6 Å². The molecular formula is C24H24FN3O. The number of para-hydroxylation sites is 1. The molecule has 0 aliphatic heterocycles. The Morgan fingerprint density at radius 2 is 1.69 bits per heavy atom. The topological polar surface area (TPSA) is 38.6 Å². The summed E-state index contributed by atoms with van der Waals surface area (Å²) < 4.78 is 22.5. The van der Waals surface area contributed by atoms with Crippen molar-refractivity contribution in [1.82, 2.24) is 9.38 Å². The summed E-state index contributed by atoms with van der Waals surface area (Å²) in [6.45, 7) is 6.21. The van der Waals surface area contributed by atoms with Crippen molar-refractivity contribution in [3.05, 3.63) is 77.2 Å². The highest BCUT2D eigenvalue weighted by molar-refractivity contribution is 5.84. The van der Waals surface area contributed by atoms with Gasteiger partial charge < -0.3 is 10.1 Å². The third-order valence-electron chi connectivity index (χ3n) is 5.24. The van der Waals surface area contributed by atoms with Gasteiger partial charge in [0.1, 0.15) is 28.7 Å². The molecule has 0 amide bonds. The maximum atomic E-state index is 15.0. The summed E-state index contributed by atoms with van der Waals surface area (Å²) in [6.07, 6.45) is 0.822. The van der Waals surface area contributed by atoms with E-state index in [1.54, 1.807) is 19.2 Å². The van der Waals surface area contributed by atoms with Crippen molar-refractivity contribution in [3.8, 4) is 17.0 Å². The predicted molar refractivity (Wildman–Crippen MR) is 116 cm³/mol. The molecule has 0 aliphatic carbocycles. The number of hydrogen-bond acceptors (Lipinski definition) is 3. The molecule has 4 nitrogen and oxygen atoms in total. The lowest BCUT2D eigenvalue weighted by atomic mass is 10.1. The molecule has 1 N–H and O–H groups in total. The molecule has 0 atom stereocenters. The first-order valence-electron chi connectivity index (χ1n) is 9.71. The molecule has 4 rings (SSSR count). The number of hydrogen-bond donors (Lipinski definition) is 1. The van der Waals surface area contributed by atoms with E-state index in [1.807, 2.05) is 18.2 Å². The minimum Gasteiger partial charge on any atom is -0.496 e. The van der Waals surface area contributed by atoms with Gasteiger partial charge in [-0.2, -0.15) is 0 Å². The monoisotopic (exact) mass is 389 g/mol. The number of halogens is 1. The lowest BCUT2D eigenvalue weighted by Gasteiger charge is -2.16. The molecule has 2 heterocycles. The predicted octanol–water partition coefficient (Wildman–Crippen LogP) is 6.07. The van der Waals surface area contributed by atoms with Crippen LogP contribution in [0.25, 0.3) is 16.9 Å². The molecule has 0 unspecified atom stereocenters. The summed E-state index contributed by atoms with van der Waals surface area (Å²) in [7, 11) is 1.55. The Morgan fingerprint density at radius 1 is 1.00 bits per heavy atom. The van der Waals surface area contributed by atoms with Crippen molar-refractivity contribution in [2.24, 2.45) is 0 Å². The van der Waals surface area contributed by atoms with Gasteiger partial charge in [0, 0.05) is 11.4 Å². The van der Waals surface area contributed by atoms with E-state index in [-0.39, 0.29) is 5.82 Å². The second-order valence-corrected chi connectivity index (χ2v) is 7.08. The zero-order chi connectivity index (χ0) is 20.5. The normalized spacial score (nSPS) is 11.1. The maximum absolute atomic E-state index is 15.0. The number of anilines is 2. The van der Waals surface area contributed by atoms with Crippen molar-refractivity contribution in [2.45, 2.75) is 27.2 Å². The smallest absolute Gasteiger partial charge is 0.143 e. The molecule has 0 spiro atoms. The SMILES string of the molecule is CCc1cccc2nc(-c3c(F)cccc3OC)c(Nc3c(C)cccc3C)n12. The summed E-state index contributed by atoms with van der Waals surface area (Å²) >= 11 is 0. The Balaban J connectivity index is 2.05. The van der Waals surface area contributed by atoms with Crippen molar-refractivity contribution in [2.75, 3.05) is 12.4 Å². The molecule has 2 aromatic carbocycles. The van der Waals surface area contributed by atoms with Crippen molar-refractivity contribution in [3.63, 3.8) is 0 Å². The molecule has 0 bridgehead atoms. The van der Waals surface area contributed by atoms with Gasteiger partial charge in [0.2, 0.25) is 0 Å². The van der Waals surface area contributed by atoms with Crippen LogP contribution in [0.5, 0.6) is 5.75 Å². The average molecular weight is 389 g/mol. The fraction of sp³-hybridized carbons (Fsp3) is 0.208. The first kappa shape index (κ1) is 19.0. The Morgan fingerprint density at radius 3 is 2.38 bits per heavy atom. The number of benzene rings is 2. The number of aryl methyl sites for hydroxylation is 3. The quantitative estimate of drug-likeness (QED) is 0.450. The summed E-state index contributed by atoms with van der Waals surface area (Å²) in [5.74, 6) is 0.824. The number of ether oxygens (including phenoxy) is 1. The van der Waals surface area contributed by atoms with E-state index in [1.165, 1.54) is 6.07 Å². The fourth-order valence-electron chi connectivity index (χ4n) is 3.76. The van der Waals surface area contributed by atoms with E-state index < -0.39 is 0 Å². The second kappa shape index (κ2) is 7.59. The van der Waals surface area contributed by atoms with E-state index in [2.05, 4.69) is 48.7 Å². The van der Waals surface area contributed by atoms with Crippen LogP contribution in [-0.2, 0) is 6.42 Å². The number of nitrogens with one attached hydrogen (secondary N) is 1. The van der Waals surface area contributed by atoms with Crippen LogP contribution in [0, 0.1) is 19.7 Å². The van der Waals surface area contributed by atoms with Gasteiger partial charge in [0.05, 0.1) is 12.7 Å². The molecule has 29 heavy (non-hydrogen) atoms. The summed E-state index contributed by atoms with van der Waals surface area (Å²) in [6, 6.07) is 17.0. The minimum absolute atomic E-state index is 0.356. The Kier molecular flexibility index (Phi) is 4.97. The molecule has 148 valence electrons. The summed E-state index contributed by atoms with van der Waals surface area (Å²) in [4.78, 5) is 4.80. The third-order valence-corrected chi connectivity index (χ3v) is 5.24. The van der Waals surface area contributed by atoms with Gasteiger partial charge in [-0.05, 0) is 55.7 Å². The molecule has 0 radical (unpaired) electrons. The van der Waals surface area contributed by atoms with Crippen LogP contribution in [0.2, 0.25) is 0 Å². The van der Waals surface area contributed by atoms with Crippen LogP contribution in [-0.4, -0.2) is 16.5 Å². The van der Waals surface area contributed by atoms with Crippen molar-refractivity contribution < 1.29 is 9.13 Å².